The number of carbonyl (C=O) groups excluding carboxylic acids is 1. The fourth-order valence-electron chi connectivity index (χ4n) is 9.46. The minimum absolute atomic E-state index is 0.137. The molecule has 0 aromatic rings. The Kier molecular flexibility index (Phi) is 43.9. The first-order valence-electron chi connectivity index (χ1n) is 28.2. The van der Waals surface area contributed by atoms with E-state index in [4.69, 9.17) is 9.47 Å². The van der Waals surface area contributed by atoms with Crippen molar-refractivity contribution >= 4 is 5.91 Å². The highest BCUT2D eigenvalue weighted by Gasteiger charge is 2.44. The number of nitrogens with one attached hydrogen (secondary N) is 1. The maximum atomic E-state index is 12.8. The summed E-state index contributed by atoms with van der Waals surface area (Å²) < 4.78 is 11.1. The van der Waals surface area contributed by atoms with Crippen LogP contribution in [0.4, 0.5) is 0 Å². The van der Waals surface area contributed by atoms with Gasteiger partial charge in [0.05, 0.1) is 25.4 Å². The SMILES string of the molecule is CCCCCCCCCCCCCCCCCCCCCCCCCCCCCCCCCCCCCCCCC(=O)NC(COC1OC(CO)C(O)C(O)C1O)C(O)CCCCC. The standard InChI is InChI=1S/C55H109NO8/c1-3-5-7-8-9-10-11-12-13-14-15-16-17-18-19-20-21-22-23-24-25-26-27-28-29-30-31-32-33-34-35-36-37-38-39-40-41-43-45-51(59)56-48(49(58)44-42-6-4-2)47-63-55-54(62)53(61)52(60)50(46-57)64-55/h48-50,52-55,57-58,60-62H,3-47H2,1-2H3,(H,56,59). The highest BCUT2D eigenvalue weighted by molar-refractivity contribution is 5.76. The molecule has 1 fully saturated rings. The van der Waals surface area contributed by atoms with Crippen LogP contribution in [0.5, 0.6) is 0 Å². The van der Waals surface area contributed by atoms with Gasteiger partial charge in [0.1, 0.15) is 24.4 Å². The molecule has 1 saturated heterocycles. The first-order valence-corrected chi connectivity index (χ1v) is 28.2. The molecule has 7 atom stereocenters. The number of unbranched alkanes of at least 4 members (excludes halogenated alkanes) is 39. The van der Waals surface area contributed by atoms with Crippen LogP contribution in [0.25, 0.3) is 0 Å². The molecule has 1 amide bonds. The summed E-state index contributed by atoms with van der Waals surface area (Å²) >= 11 is 0. The third kappa shape index (κ3) is 35.3. The largest absolute Gasteiger partial charge is 0.394 e. The van der Waals surface area contributed by atoms with Crippen LogP contribution in [-0.2, 0) is 14.3 Å². The normalized spacial score (nSPS) is 19.9. The topological polar surface area (TPSA) is 149 Å². The third-order valence-electron chi connectivity index (χ3n) is 14.0. The quantitative estimate of drug-likeness (QED) is 0.0331. The van der Waals surface area contributed by atoms with Crippen LogP contribution in [0, 0.1) is 0 Å². The molecule has 0 radical (unpaired) electrons. The van der Waals surface area contributed by atoms with E-state index >= 15 is 0 Å². The maximum absolute atomic E-state index is 12.8. The van der Waals surface area contributed by atoms with Crippen LogP contribution >= 0.6 is 0 Å². The Morgan fingerprint density at radius 2 is 0.781 bits per heavy atom. The maximum Gasteiger partial charge on any atom is 0.220 e. The lowest BCUT2D eigenvalue weighted by Gasteiger charge is -2.40. The van der Waals surface area contributed by atoms with E-state index in [1.54, 1.807) is 0 Å². The number of hydrogen-bond donors (Lipinski definition) is 6. The first-order chi connectivity index (χ1) is 31.3. The molecule has 0 bridgehead atoms. The zero-order valence-electron chi connectivity index (χ0n) is 42.3. The molecular weight excluding hydrogens is 803 g/mol. The summed E-state index contributed by atoms with van der Waals surface area (Å²) in [6.07, 6.45) is 48.6. The summed E-state index contributed by atoms with van der Waals surface area (Å²) in [5.74, 6) is -0.150. The van der Waals surface area contributed by atoms with Gasteiger partial charge in [-0.2, -0.15) is 0 Å². The van der Waals surface area contributed by atoms with E-state index in [9.17, 15) is 30.3 Å². The van der Waals surface area contributed by atoms with Crippen molar-refractivity contribution in [2.75, 3.05) is 13.2 Å². The van der Waals surface area contributed by atoms with Gasteiger partial charge in [0, 0.05) is 6.42 Å². The van der Waals surface area contributed by atoms with Crippen LogP contribution in [0.1, 0.15) is 290 Å². The zero-order chi connectivity index (χ0) is 46.6. The van der Waals surface area contributed by atoms with Gasteiger partial charge in [0.15, 0.2) is 6.29 Å². The zero-order valence-corrected chi connectivity index (χ0v) is 42.3. The van der Waals surface area contributed by atoms with Gasteiger partial charge in [-0.1, -0.05) is 271 Å². The molecule has 7 unspecified atom stereocenters. The van der Waals surface area contributed by atoms with Gasteiger partial charge in [-0.25, -0.2) is 0 Å². The van der Waals surface area contributed by atoms with Crippen LogP contribution in [0.3, 0.4) is 0 Å². The number of rotatable bonds is 49. The highest BCUT2D eigenvalue weighted by Crippen LogP contribution is 2.23. The monoisotopic (exact) mass is 912 g/mol. The van der Waals surface area contributed by atoms with Crippen molar-refractivity contribution in [2.24, 2.45) is 0 Å². The molecule has 9 nitrogen and oxygen atoms in total. The molecule has 382 valence electrons. The number of amides is 1. The Morgan fingerprint density at radius 3 is 1.11 bits per heavy atom. The van der Waals surface area contributed by atoms with Crippen molar-refractivity contribution < 1.29 is 39.8 Å². The molecule has 0 spiro atoms. The fraction of sp³-hybridized carbons (Fsp3) is 0.982. The summed E-state index contributed by atoms with van der Waals surface area (Å²) in [7, 11) is 0. The van der Waals surface area contributed by atoms with Gasteiger partial charge >= 0.3 is 0 Å². The molecule has 0 saturated carbocycles. The number of carbonyl (C=O) groups is 1. The second-order valence-corrected chi connectivity index (χ2v) is 20.1. The Hall–Kier alpha value is -0.810. The van der Waals surface area contributed by atoms with Crippen LogP contribution in [-0.4, -0.2) is 87.5 Å². The van der Waals surface area contributed by atoms with Crippen LogP contribution in [0.15, 0.2) is 0 Å². The van der Waals surface area contributed by atoms with Crippen LogP contribution in [0.2, 0.25) is 0 Å². The van der Waals surface area contributed by atoms with Crippen LogP contribution < -0.4 is 5.32 Å². The van der Waals surface area contributed by atoms with E-state index < -0.39 is 49.5 Å². The Balaban J connectivity index is 1.86. The van der Waals surface area contributed by atoms with E-state index in [1.165, 1.54) is 225 Å². The number of aliphatic hydroxyl groups excluding tert-OH is 5. The summed E-state index contributed by atoms with van der Waals surface area (Å²) in [5, 5.41) is 53.7. The average Bonchev–Trinajstić information content (AvgIpc) is 3.29. The van der Waals surface area contributed by atoms with E-state index in [0.29, 0.717) is 12.8 Å². The molecule has 1 aliphatic rings. The molecule has 1 rings (SSSR count). The smallest absolute Gasteiger partial charge is 0.220 e. The van der Waals surface area contributed by atoms with Crippen molar-refractivity contribution in [2.45, 2.75) is 333 Å². The summed E-state index contributed by atoms with van der Waals surface area (Å²) in [6, 6.07) is -0.709. The van der Waals surface area contributed by atoms with Gasteiger partial charge in [-0.15, -0.1) is 0 Å². The molecule has 1 heterocycles. The van der Waals surface area contributed by atoms with Crippen molar-refractivity contribution in [1.29, 1.82) is 0 Å². The molecule has 0 aliphatic carbocycles. The highest BCUT2D eigenvalue weighted by atomic mass is 16.7. The minimum atomic E-state index is -1.55. The van der Waals surface area contributed by atoms with E-state index in [2.05, 4.69) is 19.2 Å². The summed E-state index contributed by atoms with van der Waals surface area (Å²) in [4.78, 5) is 12.8. The number of hydrogen-bond acceptors (Lipinski definition) is 8. The second kappa shape index (κ2) is 45.9. The Labute approximate surface area is 395 Å². The van der Waals surface area contributed by atoms with Gasteiger partial charge < -0.3 is 40.3 Å². The Morgan fingerprint density at radius 1 is 0.469 bits per heavy atom. The van der Waals surface area contributed by atoms with Gasteiger partial charge in [0.2, 0.25) is 5.91 Å². The lowest BCUT2D eigenvalue weighted by molar-refractivity contribution is -0.302. The van der Waals surface area contributed by atoms with E-state index in [-0.39, 0.29) is 12.5 Å². The molecule has 9 heteroatoms. The van der Waals surface area contributed by atoms with Crippen molar-refractivity contribution in [1.82, 2.24) is 5.32 Å². The number of aliphatic hydroxyl groups is 5. The molecular formula is C55H109NO8. The van der Waals surface area contributed by atoms with Gasteiger partial charge in [0.25, 0.3) is 0 Å². The lowest BCUT2D eigenvalue weighted by Crippen LogP contribution is -2.60. The Bertz CT molecular complexity index is 970. The summed E-state index contributed by atoms with van der Waals surface area (Å²) in [5.41, 5.74) is 0. The van der Waals surface area contributed by atoms with Crippen molar-refractivity contribution in [3.05, 3.63) is 0 Å². The van der Waals surface area contributed by atoms with E-state index in [1.807, 2.05) is 0 Å². The van der Waals surface area contributed by atoms with Gasteiger partial charge in [-0.3, -0.25) is 4.79 Å². The molecule has 0 aromatic carbocycles. The molecule has 1 aliphatic heterocycles. The molecule has 6 N–H and O–H groups in total. The van der Waals surface area contributed by atoms with Crippen molar-refractivity contribution in [3.8, 4) is 0 Å². The first kappa shape index (κ1) is 61.2. The minimum Gasteiger partial charge on any atom is -0.394 e. The second-order valence-electron chi connectivity index (χ2n) is 20.1. The average molecular weight is 912 g/mol. The third-order valence-corrected chi connectivity index (χ3v) is 14.0. The predicted octanol–water partition coefficient (Wildman–Crippen LogP) is 13.5. The van der Waals surface area contributed by atoms with Gasteiger partial charge in [-0.05, 0) is 12.8 Å². The molecule has 64 heavy (non-hydrogen) atoms. The predicted molar refractivity (Wildman–Crippen MR) is 268 cm³/mol. The summed E-state index contributed by atoms with van der Waals surface area (Å²) in [6.45, 7) is 3.70. The van der Waals surface area contributed by atoms with E-state index in [0.717, 1.165) is 38.5 Å². The fourth-order valence-corrected chi connectivity index (χ4v) is 9.46. The lowest BCUT2D eigenvalue weighted by atomic mass is 9.99. The number of ether oxygens (including phenoxy) is 2. The van der Waals surface area contributed by atoms with Crippen molar-refractivity contribution in [3.63, 3.8) is 0 Å². The molecule has 0 aromatic heterocycles.